The van der Waals surface area contributed by atoms with Crippen LogP contribution >= 0.6 is 23.2 Å². The van der Waals surface area contributed by atoms with Crippen LogP contribution in [0, 0.1) is 0 Å². The lowest BCUT2D eigenvalue weighted by atomic mass is 10.2. The highest BCUT2D eigenvalue weighted by Crippen LogP contribution is 2.33. The molecule has 0 aliphatic heterocycles. The highest BCUT2D eigenvalue weighted by molar-refractivity contribution is 6.68. The maximum absolute atomic E-state index is 12.4. The summed E-state index contributed by atoms with van der Waals surface area (Å²) in [4.78, 5) is 22.5. The number of anilines is 1. The number of ether oxygens (including phenoxy) is 1. The van der Waals surface area contributed by atoms with Gasteiger partial charge in [0.1, 0.15) is 12.4 Å². The minimum absolute atomic E-state index is 0.0340. The molecular weight excluding hydrogens is 382 g/mol. The van der Waals surface area contributed by atoms with Crippen LogP contribution in [-0.4, -0.2) is 17.3 Å². The van der Waals surface area contributed by atoms with Crippen molar-refractivity contribution in [1.82, 2.24) is 0 Å². The zero-order valence-electron chi connectivity index (χ0n) is 12.4. The molecule has 1 amide bonds. The topological polar surface area (TPSA) is 55.4 Å². The Balaban J connectivity index is 2.31. The average Bonchev–Trinajstić information content (AvgIpc) is 2.54. The molecule has 25 heavy (non-hydrogen) atoms. The number of nitrogens with one attached hydrogen (secondary N) is 1. The van der Waals surface area contributed by atoms with Gasteiger partial charge in [-0.15, -0.1) is 0 Å². The number of hydrogen-bond acceptors (Lipinski definition) is 3. The van der Waals surface area contributed by atoms with Crippen LogP contribution in [0.5, 0.6) is 5.75 Å². The maximum atomic E-state index is 12.4. The van der Waals surface area contributed by atoms with Gasteiger partial charge < -0.3 is 10.1 Å². The maximum Gasteiger partial charge on any atom is 0.471 e. The second kappa shape index (κ2) is 7.76. The molecule has 0 spiro atoms. The Kier molecular flexibility index (Phi) is 5.92. The molecule has 0 atom stereocenters. The van der Waals surface area contributed by atoms with Crippen molar-refractivity contribution in [2.75, 3.05) is 5.32 Å². The molecule has 0 aromatic heterocycles. The Morgan fingerprint density at radius 2 is 1.76 bits per heavy atom. The number of amides is 1. The number of halogens is 5. The van der Waals surface area contributed by atoms with E-state index in [1.54, 1.807) is 35.6 Å². The van der Waals surface area contributed by atoms with Crippen LogP contribution in [0.4, 0.5) is 18.9 Å². The predicted molar refractivity (Wildman–Crippen MR) is 87.1 cm³/mol. The molecule has 1 N–H and O–H groups in total. The third kappa shape index (κ3) is 5.11. The van der Waals surface area contributed by atoms with Crippen LogP contribution in [-0.2, 0) is 11.4 Å². The second-order valence-corrected chi connectivity index (χ2v) is 5.58. The molecule has 0 radical (unpaired) electrons. The fourth-order valence-electron chi connectivity index (χ4n) is 1.85. The van der Waals surface area contributed by atoms with Crippen molar-refractivity contribution in [3.05, 3.63) is 58.6 Å². The van der Waals surface area contributed by atoms with E-state index in [0.29, 0.717) is 0 Å². The average molecular weight is 392 g/mol. The fourth-order valence-corrected chi connectivity index (χ4v) is 2.21. The molecule has 0 aliphatic rings. The van der Waals surface area contributed by atoms with Crippen LogP contribution in [0.1, 0.15) is 15.9 Å². The summed E-state index contributed by atoms with van der Waals surface area (Å²) in [6.07, 6.45) is -5.09. The smallest absolute Gasteiger partial charge is 0.471 e. The van der Waals surface area contributed by atoms with E-state index in [4.69, 9.17) is 27.9 Å². The molecule has 0 saturated heterocycles. The van der Waals surface area contributed by atoms with Crippen molar-refractivity contribution in [2.45, 2.75) is 12.8 Å². The van der Waals surface area contributed by atoms with Crippen LogP contribution in [0.15, 0.2) is 42.5 Å². The van der Waals surface area contributed by atoms with Crippen LogP contribution < -0.4 is 10.1 Å². The van der Waals surface area contributed by atoms with Gasteiger partial charge in [-0.2, -0.15) is 13.2 Å². The second-order valence-electron chi connectivity index (χ2n) is 4.83. The summed E-state index contributed by atoms with van der Waals surface area (Å²) >= 11 is 11.3. The van der Waals surface area contributed by atoms with Crippen molar-refractivity contribution in [2.24, 2.45) is 0 Å². The van der Waals surface area contributed by atoms with Gasteiger partial charge in [-0.05, 0) is 23.2 Å². The quantitative estimate of drug-likeness (QED) is 0.744. The molecule has 4 nitrogen and oxygen atoms in total. The minimum Gasteiger partial charge on any atom is -0.488 e. The van der Waals surface area contributed by atoms with E-state index in [2.05, 4.69) is 0 Å². The normalized spacial score (nSPS) is 11.1. The first-order valence-corrected chi connectivity index (χ1v) is 7.52. The van der Waals surface area contributed by atoms with Crippen molar-refractivity contribution in [3.8, 4) is 5.75 Å². The molecule has 0 heterocycles. The first kappa shape index (κ1) is 19.1. The summed E-state index contributed by atoms with van der Waals surface area (Å²) in [5.41, 5.74) is 0.271. The molecule has 132 valence electrons. The lowest BCUT2D eigenvalue weighted by Gasteiger charge is -2.14. The Labute approximate surface area is 150 Å². The Hall–Kier alpha value is -2.25. The number of hydrogen-bond donors (Lipinski definition) is 1. The molecule has 2 aromatic rings. The van der Waals surface area contributed by atoms with Crippen molar-refractivity contribution in [1.29, 1.82) is 0 Å². The van der Waals surface area contributed by atoms with E-state index >= 15 is 0 Å². The van der Waals surface area contributed by atoms with Gasteiger partial charge in [-0.25, -0.2) is 0 Å². The van der Waals surface area contributed by atoms with Gasteiger partial charge in [-0.3, -0.25) is 9.59 Å². The predicted octanol–water partition coefficient (Wildman–Crippen LogP) is 4.80. The molecule has 2 rings (SSSR count). The Morgan fingerprint density at radius 1 is 1.12 bits per heavy atom. The lowest BCUT2D eigenvalue weighted by Crippen LogP contribution is -2.30. The molecule has 0 fully saturated rings. The van der Waals surface area contributed by atoms with E-state index in [9.17, 15) is 22.8 Å². The van der Waals surface area contributed by atoms with E-state index in [1.807, 2.05) is 0 Å². The standard InChI is InChI=1S/C16H10Cl2F3NO3/c17-11-6-10(14(18)23)13(25-8-9-4-2-1-3-5-9)7-12(11)22-15(24)16(19,20)21/h1-7H,8H2,(H,22,24). The molecule has 2 aromatic carbocycles. The zero-order chi connectivity index (χ0) is 18.6. The summed E-state index contributed by atoms with van der Waals surface area (Å²) in [7, 11) is 0. The Bertz CT molecular complexity index is 795. The van der Waals surface area contributed by atoms with E-state index in [0.717, 1.165) is 17.7 Å². The van der Waals surface area contributed by atoms with Crippen LogP contribution in [0.2, 0.25) is 5.02 Å². The van der Waals surface area contributed by atoms with Crippen LogP contribution in [0.3, 0.4) is 0 Å². The molecule has 0 bridgehead atoms. The summed E-state index contributed by atoms with van der Waals surface area (Å²) in [6, 6.07) is 10.9. The molecule has 0 unspecified atom stereocenters. The number of rotatable bonds is 5. The summed E-state index contributed by atoms with van der Waals surface area (Å²) in [5, 5.41) is 0.437. The van der Waals surface area contributed by atoms with E-state index in [-0.39, 0.29) is 28.6 Å². The first-order chi connectivity index (χ1) is 11.7. The first-order valence-electron chi connectivity index (χ1n) is 6.76. The number of alkyl halides is 3. The highest BCUT2D eigenvalue weighted by atomic mass is 35.5. The minimum atomic E-state index is -5.09. The lowest BCUT2D eigenvalue weighted by molar-refractivity contribution is -0.167. The number of carbonyl (C=O) groups is 2. The summed E-state index contributed by atoms with van der Waals surface area (Å²) in [5.74, 6) is -2.31. The van der Waals surface area contributed by atoms with Crippen LogP contribution in [0.25, 0.3) is 0 Å². The largest absolute Gasteiger partial charge is 0.488 e. The van der Waals surface area contributed by atoms with E-state index in [1.165, 1.54) is 0 Å². The molecule has 0 aliphatic carbocycles. The van der Waals surface area contributed by atoms with Gasteiger partial charge in [0.2, 0.25) is 0 Å². The van der Waals surface area contributed by atoms with Gasteiger partial charge in [0.25, 0.3) is 5.24 Å². The molecule has 9 heteroatoms. The monoisotopic (exact) mass is 391 g/mol. The molecule has 0 saturated carbocycles. The number of carbonyl (C=O) groups excluding carboxylic acids is 2. The SMILES string of the molecule is O=C(Cl)c1cc(Cl)c(NC(=O)C(F)(F)F)cc1OCc1ccccc1. The van der Waals surface area contributed by atoms with E-state index < -0.39 is 17.3 Å². The Morgan fingerprint density at radius 3 is 2.32 bits per heavy atom. The van der Waals surface area contributed by atoms with Crippen molar-refractivity contribution < 1.29 is 27.5 Å². The number of benzene rings is 2. The summed E-state index contributed by atoms with van der Waals surface area (Å²) in [6.45, 7) is 0.0340. The molecular formula is C16H10Cl2F3NO3. The van der Waals surface area contributed by atoms with Gasteiger partial charge in [0, 0.05) is 6.07 Å². The van der Waals surface area contributed by atoms with Gasteiger partial charge >= 0.3 is 12.1 Å². The highest BCUT2D eigenvalue weighted by Gasteiger charge is 2.39. The third-order valence-corrected chi connectivity index (χ3v) is 3.54. The zero-order valence-corrected chi connectivity index (χ0v) is 13.9. The van der Waals surface area contributed by atoms with Gasteiger partial charge in [-0.1, -0.05) is 41.9 Å². The third-order valence-electron chi connectivity index (χ3n) is 3.02. The van der Waals surface area contributed by atoms with Gasteiger partial charge in [0.15, 0.2) is 0 Å². The van der Waals surface area contributed by atoms with Crippen molar-refractivity contribution >= 4 is 40.0 Å². The fraction of sp³-hybridized carbons (Fsp3) is 0.125. The van der Waals surface area contributed by atoms with Crippen molar-refractivity contribution in [3.63, 3.8) is 0 Å². The summed E-state index contributed by atoms with van der Waals surface area (Å²) < 4.78 is 42.6. The van der Waals surface area contributed by atoms with Gasteiger partial charge in [0.05, 0.1) is 16.3 Å².